The number of hydrogen-bond donors (Lipinski definition) is 0. The van der Waals surface area contributed by atoms with Gasteiger partial charge in [0, 0.05) is 18.5 Å². The molecule has 70 valence electrons. The smallest absolute Gasteiger partial charge is 0.0238 e. The number of piperidine rings is 1. The molecule has 2 heteroatoms. The summed E-state index contributed by atoms with van der Waals surface area (Å²) in [5.41, 5.74) is 0. The van der Waals surface area contributed by atoms with Gasteiger partial charge in [0.25, 0.3) is 0 Å². The van der Waals surface area contributed by atoms with Gasteiger partial charge in [-0.3, -0.25) is 4.90 Å². The zero-order chi connectivity index (χ0) is 8.81. The fourth-order valence-corrected chi connectivity index (χ4v) is 2.17. The predicted octanol–water partition coefficient (Wildman–Crippen LogP) is 2.66. The molecule has 0 aromatic heterocycles. The van der Waals surface area contributed by atoms with Crippen LogP contribution in [0, 0.1) is 0 Å². The molecule has 1 nitrogen and oxygen atoms in total. The highest BCUT2D eigenvalue weighted by atomic mass is 35.5. The van der Waals surface area contributed by atoms with Crippen LogP contribution in [0.1, 0.15) is 25.7 Å². The van der Waals surface area contributed by atoms with E-state index in [1.165, 1.54) is 25.8 Å². The lowest BCUT2D eigenvalue weighted by atomic mass is 10.0. The molecular weight excluding hydrogens is 170 g/mol. The van der Waals surface area contributed by atoms with Gasteiger partial charge >= 0.3 is 0 Å². The van der Waals surface area contributed by atoms with Crippen LogP contribution in [0.25, 0.3) is 0 Å². The summed E-state index contributed by atoms with van der Waals surface area (Å²) in [4.78, 5) is 2.50. The Bertz CT molecular complexity index is 134. The van der Waals surface area contributed by atoms with Crippen LogP contribution in [-0.2, 0) is 0 Å². The highest BCUT2D eigenvalue weighted by molar-refractivity contribution is 6.17. The summed E-state index contributed by atoms with van der Waals surface area (Å²) in [7, 11) is 0. The lowest BCUT2D eigenvalue weighted by molar-refractivity contribution is 0.161. The minimum Gasteiger partial charge on any atom is -0.297 e. The lowest BCUT2D eigenvalue weighted by Gasteiger charge is -2.34. The molecule has 1 rings (SSSR count). The molecule has 0 amide bonds. The molecule has 1 fully saturated rings. The van der Waals surface area contributed by atoms with E-state index in [2.05, 4.69) is 11.5 Å². The van der Waals surface area contributed by atoms with Crippen molar-refractivity contribution in [3.05, 3.63) is 12.7 Å². The Labute approximate surface area is 80.4 Å². The normalized spacial score (nSPS) is 25.6. The van der Waals surface area contributed by atoms with E-state index in [0.29, 0.717) is 6.04 Å². The van der Waals surface area contributed by atoms with Crippen LogP contribution in [0.5, 0.6) is 0 Å². The van der Waals surface area contributed by atoms with E-state index in [-0.39, 0.29) is 0 Å². The summed E-state index contributed by atoms with van der Waals surface area (Å²) < 4.78 is 0. The first-order valence-electron chi connectivity index (χ1n) is 4.79. The third-order valence-corrected chi connectivity index (χ3v) is 2.77. The maximum absolute atomic E-state index is 5.75. The van der Waals surface area contributed by atoms with Crippen molar-refractivity contribution in [1.82, 2.24) is 4.90 Å². The molecule has 1 aliphatic rings. The summed E-state index contributed by atoms with van der Waals surface area (Å²) in [6.07, 6.45) is 7.16. The first-order chi connectivity index (χ1) is 5.88. The third-order valence-electron chi connectivity index (χ3n) is 2.56. The summed E-state index contributed by atoms with van der Waals surface area (Å²) in [5, 5.41) is 0. The van der Waals surface area contributed by atoms with E-state index in [0.717, 1.165) is 18.8 Å². The van der Waals surface area contributed by atoms with Crippen LogP contribution in [0.4, 0.5) is 0 Å². The van der Waals surface area contributed by atoms with Gasteiger partial charge < -0.3 is 0 Å². The van der Waals surface area contributed by atoms with Crippen molar-refractivity contribution >= 4 is 11.6 Å². The Morgan fingerprint density at radius 1 is 1.50 bits per heavy atom. The summed E-state index contributed by atoms with van der Waals surface area (Å²) >= 11 is 5.75. The van der Waals surface area contributed by atoms with Crippen molar-refractivity contribution in [3.63, 3.8) is 0 Å². The van der Waals surface area contributed by atoms with Crippen LogP contribution in [-0.4, -0.2) is 29.9 Å². The number of hydrogen-bond acceptors (Lipinski definition) is 1. The number of nitrogens with zero attached hydrogens (tertiary/aromatic N) is 1. The first kappa shape index (κ1) is 10.1. The number of halogens is 1. The Morgan fingerprint density at radius 2 is 2.33 bits per heavy atom. The number of rotatable bonds is 4. The second kappa shape index (κ2) is 5.60. The molecule has 1 heterocycles. The minimum atomic E-state index is 0.717. The van der Waals surface area contributed by atoms with Crippen molar-refractivity contribution in [2.45, 2.75) is 31.7 Å². The van der Waals surface area contributed by atoms with Crippen molar-refractivity contribution in [1.29, 1.82) is 0 Å². The van der Waals surface area contributed by atoms with Crippen LogP contribution >= 0.6 is 11.6 Å². The SMILES string of the molecule is C=CCN1CCCCC1CCCl. The summed E-state index contributed by atoms with van der Waals surface area (Å²) in [5.74, 6) is 0.790. The second-order valence-corrected chi connectivity index (χ2v) is 3.79. The molecule has 0 spiro atoms. The van der Waals surface area contributed by atoms with Gasteiger partial charge in [0.1, 0.15) is 0 Å². The summed E-state index contributed by atoms with van der Waals surface area (Å²) in [6, 6.07) is 0.717. The van der Waals surface area contributed by atoms with Gasteiger partial charge in [-0.1, -0.05) is 12.5 Å². The largest absolute Gasteiger partial charge is 0.297 e. The molecular formula is C10H18ClN. The second-order valence-electron chi connectivity index (χ2n) is 3.41. The van der Waals surface area contributed by atoms with Crippen molar-refractivity contribution in [3.8, 4) is 0 Å². The first-order valence-corrected chi connectivity index (χ1v) is 5.33. The molecule has 1 saturated heterocycles. The quantitative estimate of drug-likeness (QED) is 0.483. The fraction of sp³-hybridized carbons (Fsp3) is 0.800. The molecule has 0 N–H and O–H groups in total. The molecule has 1 atom stereocenters. The van der Waals surface area contributed by atoms with Gasteiger partial charge in [0.05, 0.1) is 0 Å². The van der Waals surface area contributed by atoms with E-state index in [9.17, 15) is 0 Å². The van der Waals surface area contributed by atoms with E-state index in [4.69, 9.17) is 11.6 Å². The molecule has 1 aliphatic heterocycles. The fourth-order valence-electron chi connectivity index (χ4n) is 1.92. The monoisotopic (exact) mass is 187 g/mol. The van der Waals surface area contributed by atoms with E-state index >= 15 is 0 Å². The standard InChI is InChI=1S/C10H18ClN/c1-2-8-12-9-4-3-5-10(12)6-7-11/h2,10H,1,3-9H2. The van der Waals surface area contributed by atoms with Crippen LogP contribution < -0.4 is 0 Å². The van der Waals surface area contributed by atoms with Crippen LogP contribution in [0.15, 0.2) is 12.7 Å². The van der Waals surface area contributed by atoms with E-state index in [1.807, 2.05) is 6.08 Å². The molecule has 0 saturated carbocycles. The average Bonchev–Trinajstić information content (AvgIpc) is 2.09. The third kappa shape index (κ3) is 2.80. The van der Waals surface area contributed by atoms with Crippen molar-refractivity contribution < 1.29 is 0 Å². The lowest BCUT2D eigenvalue weighted by Crippen LogP contribution is -2.39. The van der Waals surface area contributed by atoms with Gasteiger partial charge in [0.2, 0.25) is 0 Å². The van der Waals surface area contributed by atoms with Gasteiger partial charge in [-0.05, 0) is 25.8 Å². The maximum atomic E-state index is 5.75. The van der Waals surface area contributed by atoms with E-state index in [1.54, 1.807) is 0 Å². The number of likely N-dealkylation sites (tertiary alicyclic amines) is 1. The molecule has 0 aromatic rings. The number of alkyl halides is 1. The van der Waals surface area contributed by atoms with Crippen molar-refractivity contribution in [2.24, 2.45) is 0 Å². The topological polar surface area (TPSA) is 3.24 Å². The molecule has 0 aliphatic carbocycles. The Hall–Kier alpha value is -0.0100. The molecule has 1 unspecified atom stereocenters. The highest BCUT2D eigenvalue weighted by Gasteiger charge is 2.19. The average molecular weight is 188 g/mol. The molecule has 0 radical (unpaired) electrons. The zero-order valence-corrected chi connectivity index (χ0v) is 8.39. The molecule has 0 bridgehead atoms. The predicted molar refractivity (Wildman–Crippen MR) is 54.7 cm³/mol. The van der Waals surface area contributed by atoms with Gasteiger partial charge in [0.15, 0.2) is 0 Å². The van der Waals surface area contributed by atoms with Crippen LogP contribution in [0.2, 0.25) is 0 Å². The van der Waals surface area contributed by atoms with Crippen molar-refractivity contribution in [2.75, 3.05) is 19.0 Å². The zero-order valence-electron chi connectivity index (χ0n) is 7.64. The highest BCUT2D eigenvalue weighted by Crippen LogP contribution is 2.19. The maximum Gasteiger partial charge on any atom is 0.0238 e. The van der Waals surface area contributed by atoms with E-state index < -0.39 is 0 Å². The van der Waals surface area contributed by atoms with Gasteiger partial charge in [-0.15, -0.1) is 18.2 Å². The Morgan fingerprint density at radius 3 is 3.00 bits per heavy atom. The van der Waals surface area contributed by atoms with Gasteiger partial charge in [-0.2, -0.15) is 0 Å². The minimum absolute atomic E-state index is 0.717. The van der Waals surface area contributed by atoms with Gasteiger partial charge in [-0.25, -0.2) is 0 Å². The van der Waals surface area contributed by atoms with Crippen LogP contribution in [0.3, 0.4) is 0 Å². The molecule has 0 aromatic carbocycles. The Balaban J connectivity index is 2.36. The molecule has 12 heavy (non-hydrogen) atoms. The Kier molecular flexibility index (Phi) is 4.70. The summed E-state index contributed by atoms with van der Waals surface area (Å²) in [6.45, 7) is 6.03.